The predicted molar refractivity (Wildman–Crippen MR) is 110 cm³/mol. The van der Waals surface area contributed by atoms with Gasteiger partial charge < -0.3 is 20.1 Å². The Morgan fingerprint density at radius 2 is 1.69 bits per heavy atom. The number of rotatable bonds is 4. The van der Waals surface area contributed by atoms with E-state index < -0.39 is 0 Å². The number of hydrogen-bond acceptors (Lipinski definition) is 3. The largest absolute Gasteiger partial charge is 0.486 e. The van der Waals surface area contributed by atoms with Crippen molar-refractivity contribution in [2.75, 3.05) is 18.5 Å². The third-order valence-corrected chi connectivity index (χ3v) is 4.86. The molecule has 2 aromatic carbocycles. The summed E-state index contributed by atoms with van der Waals surface area (Å²) in [5.74, 6) is 1.96. The van der Waals surface area contributed by atoms with E-state index in [4.69, 9.17) is 21.7 Å². The summed E-state index contributed by atoms with van der Waals surface area (Å²) < 4.78 is 11.3. The highest BCUT2D eigenvalue weighted by Gasteiger charge is 2.20. The first-order valence-electron chi connectivity index (χ1n) is 8.98. The first-order chi connectivity index (χ1) is 12.4. The van der Waals surface area contributed by atoms with Crippen LogP contribution < -0.4 is 20.1 Å². The monoisotopic (exact) mass is 370 g/mol. The van der Waals surface area contributed by atoms with E-state index in [1.807, 2.05) is 18.2 Å². The van der Waals surface area contributed by atoms with Gasteiger partial charge in [0.2, 0.25) is 0 Å². The summed E-state index contributed by atoms with van der Waals surface area (Å²) in [5, 5.41) is 7.35. The zero-order chi connectivity index (χ0) is 18.7. The number of ether oxygens (including phenoxy) is 2. The van der Waals surface area contributed by atoms with E-state index in [-0.39, 0.29) is 6.04 Å². The van der Waals surface area contributed by atoms with Gasteiger partial charge in [0.05, 0.1) is 6.04 Å². The molecule has 2 aromatic rings. The third-order valence-electron chi connectivity index (χ3n) is 4.64. The summed E-state index contributed by atoms with van der Waals surface area (Å²) in [6.07, 6.45) is 0. The van der Waals surface area contributed by atoms with Gasteiger partial charge in [-0.15, -0.1) is 0 Å². The highest BCUT2D eigenvalue weighted by atomic mass is 32.1. The molecule has 0 unspecified atom stereocenters. The maximum Gasteiger partial charge on any atom is 0.171 e. The summed E-state index contributed by atoms with van der Waals surface area (Å²) >= 11 is 5.55. The molecule has 4 nitrogen and oxygen atoms in total. The Morgan fingerprint density at radius 1 is 0.962 bits per heavy atom. The van der Waals surface area contributed by atoms with Gasteiger partial charge in [0.25, 0.3) is 0 Å². The lowest BCUT2D eigenvalue weighted by Crippen LogP contribution is -2.35. The number of thiocarbonyl (C=S) groups is 1. The molecule has 0 saturated heterocycles. The number of hydrogen-bond donors (Lipinski definition) is 2. The molecule has 1 aliphatic heterocycles. The van der Waals surface area contributed by atoms with Gasteiger partial charge in [-0.05, 0) is 72.9 Å². The fraction of sp³-hybridized carbons (Fsp3) is 0.381. The second-order valence-electron chi connectivity index (χ2n) is 7.02. The Bertz CT molecular complexity index is 805. The predicted octanol–water partition coefficient (Wildman–Crippen LogP) is 4.76. The number of nitrogens with one attached hydrogen (secondary N) is 2. The van der Waals surface area contributed by atoms with Crippen molar-refractivity contribution in [1.29, 1.82) is 0 Å². The quantitative estimate of drug-likeness (QED) is 0.760. The van der Waals surface area contributed by atoms with Crippen molar-refractivity contribution in [1.82, 2.24) is 5.32 Å². The minimum Gasteiger partial charge on any atom is -0.486 e. The molecule has 26 heavy (non-hydrogen) atoms. The lowest BCUT2D eigenvalue weighted by Gasteiger charge is -2.26. The molecular weight excluding hydrogens is 344 g/mol. The SMILES string of the molecule is Cc1ccc(NC(=S)N[C@@H](c2ccc3c(c2)OCCO3)C(C)C)cc1C. The molecule has 5 heteroatoms. The maximum atomic E-state index is 5.72. The van der Waals surface area contributed by atoms with E-state index in [1.165, 1.54) is 11.1 Å². The molecule has 0 saturated carbocycles. The van der Waals surface area contributed by atoms with Crippen LogP contribution in [0, 0.1) is 19.8 Å². The summed E-state index contributed by atoms with van der Waals surface area (Å²) in [6.45, 7) is 9.74. The molecule has 0 radical (unpaired) electrons. The van der Waals surface area contributed by atoms with Crippen molar-refractivity contribution < 1.29 is 9.47 Å². The van der Waals surface area contributed by atoms with Crippen molar-refractivity contribution in [3.8, 4) is 11.5 Å². The Morgan fingerprint density at radius 3 is 2.38 bits per heavy atom. The Kier molecular flexibility index (Phi) is 5.67. The Labute approximate surface area is 160 Å². The van der Waals surface area contributed by atoms with Crippen molar-refractivity contribution in [2.45, 2.75) is 33.7 Å². The first-order valence-corrected chi connectivity index (χ1v) is 9.39. The molecule has 3 rings (SSSR count). The minimum absolute atomic E-state index is 0.0809. The molecule has 0 amide bonds. The molecule has 0 spiro atoms. The molecule has 1 heterocycles. The van der Waals surface area contributed by atoms with Crippen LogP contribution in [0.4, 0.5) is 5.69 Å². The van der Waals surface area contributed by atoms with Crippen molar-refractivity contribution >= 4 is 23.0 Å². The van der Waals surface area contributed by atoms with Gasteiger partial charge in [-0.1, -0.05) is 26.0 Å². The van der Waals surface area contributed by atoms with Crippen LogP contribution in [0.15, 0.2) is 36.4 Å². The summed E-state index contributed by atoms with van der Waals surface area (Å²) in [6, 6.07) is 12.4. The van der Waals surface area contributed by atoms with Gasteiger partial charge in [0, 0.05) is 5.69 Å². The molecular formula is C21H26N2O2S. The number of fused-ring (bicyclic) bond motifs is 1. The minimum atomic E-state index is 0.0809. The van der Waals surface area contributed by atoms with Crippen LogP contribution in [0.5, 0.6) is 11.5 Å². The molecule has 2 N–H and O–H groups in total. The van der Waals surface area contributed by atoms with Crippen LogP contribution in [0.25, 0.3) is 0 Å². The standard InChI is InChI=1S/C21H26N2O2S/c1-13(2)20(16-6-8-18-19(12-16)25-10-9-24-18)23-21(26)22-17-7-5-14(3)15(4)11-17/h5-8,11-13,20H,9-10H2,1-4H3,(H2,22,23,26)/t20-/m1/s1. The summed E-state index contributed by atoms with van der Waals surface area (Å²) in [5.41, 5.74) is 4.64. The van der Waals surface area contributed by atoms with Gasteiger partial charge in [-0.25, -0.2) is 0 Å². The lowest BCUT2D eigenvalue weighted by atomic mass is 9.95. The normalized spacial score (nSPS) is 14.0. The average Bonchev–Trinajstić information content (AvgIpc) is 2.62. The number of aryl methyl sites for hydroxylation is 2. The fourth-order valence-electron chi connectivity index (χ4n) is 3.02. The second kappa shape index (κ2) is 7.96. The van der Waals surface area contributed by atoms with Crippen LogP contribution in [-0.2, 0) is 0 Å². The van der Waals surface area contributed by atoms with E-state index in [9.17, 15) is 0 Å². The molecule has 0 fully saturated rings. The van der Waals surface area contributed by atoms with Gasteiger partial charge in [-0.2, -0.15) is 0 Å². The molecule has 1 atom stereocenters. The third kappa shape index (κ3) is 4.28. The Hall–Kier alpha value is -2.27. The number of benzene rings is 2. The first kappa shape index (κ1) is 18.5. The highest BCUT2D eigenvalue weighted by Crippen LogP contribution is 2.34. The smallest absolute Gasteiger partial charge is 0.171 e. The van der Waals surface area contributed by atoms with Crippen molar-refractivity contribution in [3.63, 3.8) is 0 Å². The van der Waals surface area contributed by atoms with Gasteiger partial charge in [0.1, 0.15) is 13.2 Å². The molecule has 1 aliphatic rings. The molecule has 138 valence electrons. The van der Waals surface area contributed by atoms with E-state index >= 15 is 0 Å². The van der Waals surface area contributed by atoms with Crippen LogP contribution in [0.1, 0.15) is 36.6 Å². The molecule has 0 bridgehead atoms. The van der Waals surface area contributed by atoms with E-state index in [2.05, 4.69) is 56.5 Å². The maximum absolute atomic E-state index is 5.72. The summed E-state index contributed by atoms with van der Waals surface area (Å²) in [7, 11) is 0. The lowest BCUT2D eigenvalue weighted by molar-refractivity contribution is 0.171. The topological polar surface area (TPSA) is 42.5 Å². The van der Waals surface area contributed by atoms with Gasteiger partial charge in [0.15, 0.2) is 16.6 Å². The van der Waals surface area contributed by atoms with Gasteiger partial charge >= 0.3 is 0 Å². The van der Waals surface area contributed by atoms with Crippen molar-refractivity contribution in [2.24, 2.45) is 5.92 Å². The second-order valence-corrected chi connectivity index (χ2v) is 7.43. The van der Waals surface area contributed by atoms with E-state index in [1.54, 1.807) is 0 Å². The van der Waals surface area contributed by atoms with E-state index in [0.717, 1.165) is 22.7 Å². The Balaban J connectivity index is 1.73. The average molecular weight is 371 g/mol. The van der Waals surface area contributed by atoms with E-state index in [0.29, 0.717) is 24.2 Å². The zero-order valence-electron chi connectivity index (χ0n) is 15.8. The fourth-order valence-corrected chi connectivity index (χ4v) is 3.26. The number of anilines is 1. The van der Waals surface area contributed by atoms with Crippen LogP contribution >= 0.6 is 12.2 Å². The molecule has 0 aliphatic carbocycles. The van der Waals surface area contributed by atoms with Crippen LogP contribution in [0.2, 0.25) is 0 Å². The molecule has 0 aromatic heterocycles. The van der Waals surface area contributed by atoms with Crippen LogP contribution in [0.3, 0.4) is 0 Å². The highest BCUT2D eigenvalue weighted by molar-refractivity contribution is 7.80. The summed E-state index contributed by atoms with van der Waals surface area (Å²) in [4.78, 5) is 0. The van der Waals surface area contributed by atoms with Crippen molar-refractivity contribution in [3.05, 3.63) is 53.1 Å². The van der Waals surface area contributed by atoms with Gasteiger partial charge in [-0.3, -0.25) is 0 Å². The van der Waals surface area contributed by atoms with Crippen LogP contribution in [-0.4, -0.2) is 18.3 Å². The zero-order valence-corrected chi connectivity index (χ0v) is 16.6.